The van der Waals surface area contributed by atoms with E-state index in [4.69, 9.17) is 5.73 Å². The number of thioether (sulfide) groups is 1. The van der Waals surface area contributed by atoms with Crippen LogP contribution in [0.4, 0.5) is 0 Å². The summed E-state index contributed by atoms with van der Waals surface area (Å²) in [5, 5.41) is 3.36. The van der Waals surface area contributed by atoms with Gasteiger partial charge in [-0.15, -0.1) is 11.3 Å². The molecule has 20 heavy (non-hydrogen) atoms. The largest absolute Gasteiger partial charge is 0.340 e. The summed E-state index contributed by atoms with van der Waals surface area (Å²) in [5.74, 6) is 0.941. The molecule has 5 heteroatoms. The molecule has 1 heterocycles. The lowest BCUT2D eigenvalue weighted by Gasteiger charge is -2.21. The fourth-order valence-corrected chi connectivity index (χ4v) is 3.58. The van der Waals surface area contributed by atoms with Gasteiger partial charge in [-0.05, 0) is 40.8 Å². The molecule has 3 nitrogen and oxygen atoms in total. The molecule has 1 amide bonds. The number of hydrogen-bond acceptors (Lipinski definition) is 4. The molecule has 0 saturated carbocycles. The van der Waals surface area contributed by atoms with E-state index in [9.17, 15) is 4.79 Å². The average Bonchev–Trinajstić information content (AvgIpc) is 2.87. The first-order valence-electron chi connectivity index (χ1n) is 6.58. The van der Waals surface area contributed by atoms with Crippen molar-refractivity contribution in [3.05, 3.63) is 35.2 Å². The van der Waals surface area contributed by atoms with Crippen LogP contribution >= 0.6 is 23.1 Å². The zero-order valence-corrected chi connectivity index (χ0v) is 13.5. The van der Waals surface area contributed by atoms with Gasteiger partial charge < -0.3 is 10.6 Å². The second-order valence-corrected chi connectivity index (χ2v) is 6.74. The van der Waals surface area contributed by atoms with Crippen LogP contribution < -0.4 is 5.73 Å². The highest BCUT2D eigenvalue weighted by atomic mass is 32.2. The maximum absolute atomic E-state index is 12.2. The van der Waals surface area contributed by atoms with Gasteiger partial charge in [0.2, 0.25) is 5.91 Å². The molecule has 0 spiro atoms. The summed E-state index contributed by atoms with van der Waals surface area (Å²) in [7, 11) is 1.83. The van der Waals surface area contributed by atoms with E-state index in [1.807, 2.05) is 25.4 Å². The van der Waals surface area contributed by atoms with Crippen molar-refractivity contribution in [1.29, 1.82) is 0 Å². The Kier molecular flexibility index (Phi) is 5.46. The Hall–Kier alpha value is -1.04. The minimum absolute atomic E-state index is 0.0225. The van der Waals surface area contributed by atoms with Crippen LogP contribution in [0, 0.1) is 0 Å². The molecule has 1 aromatic carbocycles. The number of benzene rings is 1. The Morgan fingerprint density at radius 3 is 2.95 bits per heavy atom. The van der Waals surface area contributed by atoms with E-state index >= 15 is 0 Å². The Morgan fingerprint density at radius 2 is 2.20 bits per heavy atom. The molecule has 108 valence electrons. The number of fused-ring (bicyclic) bond motifs is 1. The van der Waals surface area contributed by atoms with Gasteiger partial charge in [0.25, 0.3) is 0 Å². The molecule has 1 aromatic heterocycles. The molecular formula is C15H20N2OS2. The van der Waals surface area contributed by atoms with Crippen molar-refractivity contribution in [3.8, 4) is 0 Å². The fraction of sp³-hybridized carbons (Fsp3) is 0.400. The number of carbonyl (C=O) groups excluding carboxylic acids is 1. The molecule has 0 bridgehead atoms. The Bertz CT molecular complexity index is 582. The van der Waals surface area contributed by atoms with E-state index in [1.165, 1.54) is 15.6 Å². The molecule has 0 unspecified atom stereocenters. The molecule has 0 radical (unpaired) electrons. The molecule has 2 rings (SSSR count). The number of thiophene rings is 1. The quantitative estimate of drug-likeness (QED) is 0.892. The van der Waals surface area contributed by atoms with Gasteiger partial charge in [-0.25, -0.2) is 0 Å². The van der Waals surface area contributed by atoms with Crippen molar-refractivity contribution in [1.82, 2.24) is 4.90 Å². The highest BCUT2D eigenvalue weighted by Crippen LogP contribution is 2.26. The highest BCUT2D eigenvalue weighted by molar-refractivity contribution is 7.98. The summed E-state index contributed by atoms with van der Waals surface area (Å²) in [6.07, 6.45) is 2.76. The van der Waals surface area contributed by atoms with E-state index in [0.717, 1.165) is 12.2 Å². The number of amides is 1. The lowest BCUT2D eigenvalue weighted by atomic mass is 10.1. The molecule has 0 saturated heterocycles. The SMILES string of the molecule is CSCC[C@H](N)C(=O)N(C)Cc1csc2ccccc12. The molecule has 2 aromatic rings. The van der Waals surface area contributed by atoms with Gasteiger partial charge in [-0.3, -0.25) is 4.79 Å². The van der Waals surface area contributed by atoms with E-state index in [0.29, 0.717) is 6.54 Å². The van der Waals surface area contributed by atoms with Crippen molar-refractivity contribution in [2.24, 2.45) is 5.73 Å². The van der Waals surface area contributed by atoms with Crippen LogP contribution in [0.1, 0.15) is 12.0 Å². The minimum atomic E-state index is -0.391. The molecule has 2 N–H and O–H groups in total. The van der Waals surface area contributed by atoms with Crippen LogP contribution in [0.25, 0.3) is 10.1 Å². The van der Waals surface area contributed by atoms with Crippen LogP contribution in [0.3, 0.4) is 0 Å². The third-order valence-corrected chi connectivity index (χ3v) is 4.95. The summed E-state index contributed by atoms with van der Waals surface area (Å²) in [5.41, 5.74) is 7.14. The van der Waals surface area contributed by atoms with E-state index < -0.39 is 6.04 Å². The summed E-state index contributed by atoms with van der Waals surface area (Å²) < 4.78 is 1.26. The molecule has 1 atom stereocenters. The minimum Gasteiger partial charge on any atom is -0.340 e. The van der Waals surface area contributed by atoms with Crippen molar-refractivity contribution in [2.75, 3.05) is 19.1 Å². The molecule has 0 aliphatic rings. The number of nitrogens with two attached hydrogens (primary N) is 1. The third kappa shape index (κ3) is 3.53. The fourth-order valence-electron chi connectivity index (χ4n) is 2.14. The summed E-state index contributed by atoms with van der Waals surface area (Å²) in [6, 6.07) is 7.89. The maximum atomic E-state index is 12.2. The van der Waals surface area contributed by atoms with Gasteiger partial charge in [0.15, 0.2) is 0 Å². The first kappa shape index (κ1) is 15.4. The first-order chi connectivity index (χ1) is 9.63. The van der Waals surface area contributed by atoms with Crippen molar-refractivity contribution >= 4 is 39.1 Å². The van der Waals surface area contributed by atoms with Gasteiger partial charge in [0.05, 0.1) is 6.04 Å². The van der Waals surface area contributed by atoms with Crippen molar-refractivity contribution in [3.63, 3.8) is 0 Å². The van der Waals surface area contributed by atoms with Crippen LogP contribution in [0.2, 0.25) is 0 Å². The standard InChI is InChI=1S/C15H20N2OS2/c1-17(15(18)13(16)7-8-19-2)9-11-10-20-14-6-4-3-5-12(11)14/h3-6,10,13H,7-9,16H2,1-2H3/t13-/m0/s1. The Balaban J connectivity index is 2.03. The van der Waals surface area contributed by atoms with Crippen LogP contribution in [0.5, 0.6) is 0 Å². The van der Waals surface area contributed by atoms with Crippen LogP contribution in [-0.4, -0.2) is 35.9 Å². The van der Waals surface area contributed by atoms with E-state index in [1.54, 1.807) is 28.0 Å². The number of likely N-dealkylation sites (N-methyl/N-ethyl adjacent to an activating group) is 1. The number of hydrogen-bond donors (Lipinski definition) is 1. The number of nitrogens with zero attached hydrogens (tertiary/aromatic N) is 1. The summed E-state index contributed by atoms with van der Waals surface area (Å²) in [6.45, 7) is 0.621. The zero-order chi connectivity index (χ0) is 14.5. The summed E-state index contributed by atoms with van der Waals surface area (Å²) >= 11 is 3.43. The third-order valence-electron chi connectivity index (χ3n) is 3.30. The smallest absolute Gasteiger partial charge is 0.239 e. The zero-order valence-electron chi connectivity index (χ0n) is 11.8. The monoisotopic (exact) mass is 308 g/mol. The highest BCUT2D eigenvalue weighted by Gasteiger charge is 2.18. The predicted molar refractivity (Wildman–Crippen MR) is 89.3 cm³/mol. The molecule has 0 aliphatic heterocycles. The number of rotatable bonds is 6. The molecule has 0 fully saturated rings. The van der Waals surface area contributed by atoms with Crippen molar-refractivity contribution < 1.29 is 4.79 Å². The topological polar surface area (TPSA) is 46.3 Å². The normalized spacial score (nSPS) is 12.6. The van der Waals surface area contributed by atoms with Gasteiger partial charge in [-0.1, -0.05) is 18.2 Å². The maximum Gasteiger partial charge on any atom is 0.239 e. The average molecular weight is 308 g/mol. The molecular weight excluding hydrogens is 288 g/mol. The predicted octanol–water partition coefficient (Wildman–Crippen LogP) is 2.94. The van der Waals surface area contributed by atoms with Crippen molar-refractivity contribution in [2.45, 2.75) is 19.0 Å². The van der Waals surface area contributed by atoms with Gasteiger partial charge in [0, 0.05) is 18.3 Å². The van der Waals surface area contributed by atoms with E-state index in [-0.39, 0.29) is 5.91 Å². The van der Waals surface area contributed by atoms with Gasteiger partial charge in [-0.2, -0.15) is 11.8 Å². The molecule has 0 aliphatic carbocycles. The van der Waals surface area contributed by atoms with Gasteiger partial charge in [0.1, 0.15) is 0 Å². The lowest BCUT2D eigenvalue weighted by molar-refractivity contribution is -0.131. The Labute approximate surface area is 128 Å². The van der Waals surface area contributed by atoms with Crippen LogP contribution in [-0.2, 0) is 11.3 Å². The second-order valence-electron chi connectivity index (χ2n) is 4.84. The Morgan fingerprint density at radius 1 is 1.45 bits per heavy atom. The lowest BCUT2D eigenvalue weighted by Crippen LogP contribution is -2.41. The summed E-state index contributed by atoms with van der Waals surface area (Å²) in [4.78, 5) is 13.9. The number of carbonyl (C=O) groups is 1. The first-order valence-corrected chi connectivity index (χ1v) is 8.85. The second kappa shape index (κ2) is 7.11. The van der Waals surface area contributed by atoms with E-state index in [2.05, 4.69) is 17.5 Å². The van der Waals surface area contributed by atoms with Crippen LogP contribution in [0.15, 0.2) is 29.6 Å². The van der Waals surface area contributed by atoms with Gasteiger partial charge >= 0.3 is 0 Å².